The first-order valence-corrected chi connectivity index (χ1v) is 6.95. The van der Waals surface area contributed by atoms with Crippen LogP contribution in [0.1, 0.15) is 33.6 Å². The van der Waals surface area contributed by atoms with Crippen LogP contribution >= 0.6 is 22.6 Å². The number of carbonyl (C=O) groups is 2. The Hall–Kier alpha value is -0.590. The van der Waals surface area contributed by atoms with Crippen LogP contribution in [0.4, 0.5) is 4.79 Å². The second-order valence-electron chi connectivity index (χ2n) is 3.74. The van der Waals surface area contributed by atoms with Gasteiger partial charge in [0.25, 0.3) is 0 Å². The summed E-state index contributed by atoms with van der Waals surface area (Å²) < 4.78 is 4.67. The zero-order valence-corrected chi connectivity index (χ0v) is 12.8. The Bertz CT molecular complexity index is 279. The number of nitrogens with zero attached hydrogens (tertiary/aromatic N) is 1. The average molecular weight is 353 g/mol. The molecule has 4 nitrogen and oxygen atoms in total. The van der Waals surface area contributed by atoms with E-state index in [0.29, 0.717) is 6.42 Å². The van der Waals surface area contributed by atoms with E-state index in [2.05, 4.69) is 6.58 Å². The van der Waals surface area contributed by atoms with Gasteiger partial charge in [-0.15, -0.1) is 6.58 Å². The summed E-state index contributed by atoms with van der Waals surface area (Å²) in [6, 6.07) is -0.170. The van der Waals surface area contributed by atoms with E-state index in [9.17, 15) is 9.59 Å². The molecule has 98 valence electrons. The number of carbonyl (C=O) groups excluding carboxylic acids is 2. The van der Waals surface area contributed by atoms with E-state index in [0.717, 1.165) is 6.42 Å². The van der Waals surface area contributed by atoms with Gasteiger partial charge in [0.05, 0.1) is 10.5 Å². The molecule has 0 saturated carbocycles. The van der Waals surface area contributed by atoms with Crippen molar-refractivity contribution in [2.24, 2.45) is 0 Å². The van der Waals surface area contributed by atoms with Gasteiger partial charge in [0, 0.05) is 6.04 Å². The lowest BCUT2D eigenvalue weighted by Crippen LogP contribution is -2.46. The topological polar surface area (TPSA) is 46.6 Å². The van der Waals surface area contributed by atoms with Crippen molar-refractivity contribution in [1.82, 2.24) is 4.90 Å². The SMILES string of the molecule is C=CCCC(C)N(C(=O)OCC)C(=O)C(C)I. The molecule has 0 saturated heterocycles. The minimum Gasteiger partial charge on any atom is -0.449 e. The lowest BCUT2D eigenvalue weighted by atomic mass is 10.1. The predicted molar refractivity (Wildman–Crippen MR) is 76.2 cm³/mol. The average Bonchev–Trinajstić information content (AvgIpc) is 2.26. The van der Waals surface area contributed by atoms with Crippen LogP contribution in [-0.2, 0) is 9.53 Å². The number of halogens is 1. The highest BCUT2D eigenvalue weighted by molar-refractivity contribution is 14.1. The van der Waals surface area contributed by atoms with Crippen molar-refractivity contribution in [3.05, 3.63) is 12.7 Å². The number of amides is 2. The number of imide groups is 1. The van der Waals surface area contributed by atoms with Gasteiger partial charge < -0.3 is 4.74 Å². The van der Waals surface area contributed by atoms with Crippen molar-refractivity contribution >= 4 is 34.6 Å². The van der Waals surface area contributed by atoms with Crippen LogP contribution in [0.3, 0.4) is 0 Å². The zero-order valence-electron chi connectivity index (χ0n) is 10.6. The minimum atomic E-state index is -0.558. The van der Waals surface area contributed by atoms with Gasteiger partial charge in [-0.3, -0.25) is 4.79 Å². The molecule has 0 aromatic heterocycles. The Labute approximate surface area is 117 Å². The Balaban J connectivity index is 4.76. The van der Waals surface area contributed by atoms with Crippen LogP contribution in [0, 0.1) is 0 Å². The van der Waals surface area contributed by atoms with Crippen LogP contribution in [-0.4, -0.2) is 33.5 Å². The molecule has 0 bridgehead atoms. The van der Waals surface area contributed by atoms with E-state index in [1.165, 1.54) is 4.90 Å². The Kier molecular flexibility index (Phi) is 8.20. The van der Waals surface area contributed by atoms with Crippen molar-refractivity contribution in [2.45, 2.75) is 43.6 Å². The Morgan fingerprint density at radius 3 is 2.47 bits per heavy atom. The molecule has 0 aliphatic heterocycles. The fraction of sp³-hybridized carbons (Fsp3) is 0.667. The second-order valence-corrected chi connectivity index (χ2v) is 5.61. The summed E-state index contributed by atoms with van der Waals surface area (Å²) in [6.45, 7) is 9.23. The monoisotopic (exact) mass is 353 g/mol. The molecular weight excluding hydrogens is 333 g/mol. The van der Waals surface area contributed by atoms with Gasteiger partial charge in [0.1, 0.15) is 0 Å². The molecule has 0 heterocycles. The molecule has 0 radical (unpaired) electrons. The fourth-order valence-electron chi connectivity index (χ4n) is 1.36. The van der Waals surface area contributed by atoms with E-state index in [1.807, 2.05) is 29.5 Å². The van der Waals surface area contributed by atoms with Gasteiger partial charge in [-0.25, -0.2) is 9.69 Å². The van der Waals surface area contributed by atoms with Crippen molar-refractivity contribution in [1.29, 1.82) is 0 Å². The molecule has 0 N–H and O–H groups in total. The third-order valence-corrected chi connectivity index (χ3v) is 2.80. The van der Waals surface area contributed by atoms with Crippen LogP contribution < -0.4 is 0 Å². The summed E-state index contributed by atoms with van der Waals surface area (Å²) >= 11 is 2.00. The summed E-state index contributed by atoms with van der Waals surface area (Å²) in [7, 11) is 0. The van der Waals surface area contributed by atoms with E-state index in [4.69, 9.17) is 4.74 Å². The molecule has 2 unspecified atom stereocenters. The summed E-state index contributed by atoms with van der Waals surface area (Å²) in [5.41, 5.74) is 0. The molecule has 0 rings (SSSR count). The van der Waals surface area contributed by atoms with Crippen molar-refractivity contribution in [3.63, 3.8) is 0 Å². The highest BCUT2D eigenvalue weighted by atomic mass is 127. The highest BCUT2D eigenvalue weighted by Gasteiger charge is 2.29. The van der Waals surface area contributed by atoms with E-state index >= 15 is 0 Å². The molecule has 0 fully saturated rings. The summed E-state index contributed by atoms with van der Waals surface area (Å²) in [5, 5.41) is 0. The molecule has 0 aliphatic carbocycles. The third-order valence-electron chi connectivity index (χ3n) is 2.27. The smallest absolute Gasteiger partial charge is 0.416 e. The van der Waals surface area contributed by atoms with Crippen molar-refractivity contribution < 1.29 is 14.3 Å². The van der Waals surface area contributed by atoms with Gasteiger partial charge in [-0.05, 0) is 33.6 Å². The molecule has 2 atom stereocenters. The molecule has 0 aromatic carbocycles. The van der Waals surface area contributed by atoms with Gasteiger partial charge in [0.15, 0.2) is 0 Å². The molecule has 5 heteroatoms. The van der Waals surface area contributed by atoms with Crippen LogP contribution in [0.15, 0.2) is 12.7 Å². The first-order valence-electron chi connectivity index (χ1n) is 5.70. The molecule has 0 aliphatic rings. The Morgan fingerprint density at radius 1 is 1.47 bits per heavy atom. The first-order chi connectivity index (χ1) is 7.95. The molecule has 0 aromatic rings. The number of alkyl halides is 1. The van der Waals surface area contributed by atoms with Crippen molar-refractivity contribution in [2.75, 3.05) is 6.61 Å². The second kappa shape index (κ2) is 8.49. The van der Waals surface area contributed by atoms with E-state index in [1.54, 1.807) is 19.9 Å². The summed E-state index contributed by atoms with van der Waals surface area (Å²) in [5.74, 6) is -0.208. The predicted octanol–water partition coefficient (Wildman–Crippen LogP) is 3.15. The van der Waals surface area contributed by atoms with Crippen LogP contribution in [0.5, 0.6) is 0 Å². The largest absolute Gasteiger partial charge is 0.449 e. The lowest BCUT2D eigenvalue weighted by molar-refractivity contribution is -0.130. The lowest BCUT2D eigenvalue weighted by Gasteiger charge is -2.27. The fourth-order valence-corrected chi connectivity index (χ4v) is 1.66. The van der Waals surface area contributed by atoms with Gasteiger partial charge in [-0.2, -0.15) is 0 Å². The highest BCUT2D eigenvalue weighted by Crippen LogP contribution is 2.14. The zero-order chi connectivity index (χ0) is 13.4. The number of allylic oxidation sites excluding steroid dienone is 1. The first kappa shape index (κ1) is 16.4. The normalized spacial score (nSPS) is 13.6. The minimum absolute atomic E-state index is 0.170. The standard InChI is InChI=1S/C12H20INO3/c1-5-7-8-9(3)14(11(15)10(4)13)12(16)17-6-2/h5,9-10H,1,6-8H2,2-4H3. The molecular formula is C12H20INO3. The van der Waals surface area contributed by atoms with Crippen LogP contribution in [0.2, 0.25) is 0 Å². The number of ether oxygens (including phenoxy) is 1. The van der Waals surface area contributed by atoms with E-state index < -0.39 is 6.09 Å². The molecule has 0 spiro atoms. The Morgan fingerprint density at radius 2 is 2.06 bits per heavy atom. The molecule has 17 heavy (non-hydrogen) atoms. The van der Waals surface area contributed by atoms with Gasteiger partial charge >= 0.3 is 6.09 Å². The third kappa shape index (κ3) is 5.52. The number of hydrogen-bond donors (Lipinski definition) is 0. The van der Waals surface area contributed by atoms with Gasteiger partial charge in [-0.1, -0.05) is 28.7 Å². The maximum Gasteiger partial charge on any atom is 0.416 e. The summed E-state index contributed by atoms with van der Waals surface area (Å²) in [6.07, 6.45) is 2.69. The summed E-state index contributed by atoms with van der Waals surface area (Å²) in [4.78, 5) is 24.9. The quantitative estimate of drug-likeness (QED) is 0.419. The van der Waals surface area contributed by atoms with Crippen LogP contribution in [0.25, 0.3) is 0 Å². The maximum atomic E-state index is 12.0. The maximum absolute atomic E-state index is 12.0. The van der Waals surface area contributed by atoms with Crippen molar-refractivity contribution in [3.8, 4) is 0 Å². The molecule has 2 amide bonds. The van der Waals surface area contributed by atoms with E-state index in [-0.39, 0.29) is 22.5 Å². The number of hydrogen-bond acceptors (Lipinski definition) is 3. The number of rotatable bonds is 6. The van der Waals surface area contributed by atoms with Gasteiger partial charge in [0.2, 0.25) is 5.91 Å².